The van der Waals surface area contributed by atoms with Crippen molar-refractivity contribution in [3.63, 3.8) is 0 Å². The van der Waals surface area contributed by atoms with E-state index in [1.807, 2.05) is 71.0 Å². The summed E-state index contributed by atoms with van der Waals surface area (Å²) in [6.07, 6.45) is 6.20. The van der Waals surface area contributed by atoms with E-state index in [1.54, 1.807) is 11.1 Å². The number of carbonyl (C=O) groups is 1. The van der Waals surface area contributed by atoms with Crippen molar-refractivity contribution in [2.24, 2.45) is 0 Å². The normalized spacial score (nSPS) is 22.8. The van der Waals surface area contributed by atoms with E-state index in [2.05, 4.69) is 11.1 Å². The van der Waals surface area contributed by atoms with Gasteiger partial charge in [0.15, 0.2) is 11.5 Å². The number of ether oxygens (including phenoxy) is 3. The topological polar surface area (TPSA) is 60.9 Å². The molecule has 3 heterocycles. The number of aromatic nitrogens is 1. The summed E-state index contributed by atoms with van der Waals surface area (Å²) in [5.74, 6) is 0.351. The predicted octanol–water partition coefficient (Wildman–Crippen LogP) is 5.27. The van der Waals surface area contributed by atoms with Crippen LogP contribution in [0, 0.1) is 6.92 Å². The highest BCUT2D eigenvalue weighted by Gasteiger charge is 2.42. The minimum Gasteiger partial charge on any atom is -0.444 e. The van der Waals surface area contributed by atoms with Crippen LogP contribution in [0.2, 0.25) is 0 Å². The molecule has 6 heteroatoms. The second-order valence-corrected chi connectivity index (χ2v) is 8.87. The molecule has 0 bridgehead atoms. The number of amides is 1. The summed E-state index contributed by atoms with van der Waals surface area (Å²) in [6, 6.07) is 9.52. The fourth-order valence-electron chi connectivity index (χ4n) is 3.75. The first-order valence-electron chi connectivity index (χ1n) is 10.2. The molecule has 2 aliphatic heterocycles. The van der Waals surface area contributed by atoms with Crippen LogP contribution < -0.4 is 9.47 Å². The van der Waals surface area contributed by atoms with Crippen molar-refractivity contribution >= 4 is 6.09 Å². The number of hydrogen-bond donors (Lipinski definition) is 0. The molecule has 1 aromatic heterocycles. The molecule has 0 radical (unpaired) electrons. The van der Waals surface area contributed by atoms with Gasteiger partial charge in [-0.15, -0.1) is 0 Å². The van der Waals surface area contributed by atoms with Crippen LogP contribution in [-0.4, -0.2) is 28.1 Å². The average Bonchev–Trinajstić information content (AvgIpc) is 3.04. The first kappa shape index (κ1) is 20.3. The molecule has 30 heavy (non-hydrogen) atoms. The maximum absolute atomic E-state index is 12.9. The molecule has 2 aliphatic rings. The van der Waals surface area contributed by atoms with Gasteiger partial charge in [0.2, 0.25) is 0 Å². The van der Waals surface area contributed by atoms with E-state index < -0.39 is 11.4 Å². The van der Waals surface area contributed by atoms with Crippen molar-refractivity contribution in [3.05, 3.63) is 65.5 Å². The van der Waals surface area contributed by atoms with E-state index in [1.165, 1.54) is 0 Å². The van der Waals surface area contributed by atoms with Gasteiger partial charge < -0.3 is 14.2 Å². The third-order valence-corrected chi connectivity index (χ3v) is 5.24. The molecule has 1 amide bonds. The minimum absolute atomic E-state index is 0.193. The number of aryl methyl sites for hydroxylation is 1. The van der Waals surface area contributed by atoms with E-state index in [9.17, 15) is 4.79 Å². The standard InChI is InChI=1S/C24H28N2O4/c1-16-12-13-17(15-25-16)24(5)28-20-11-8-9-18(21(20)29-24)19-10-6-7-14-26(19)22(27)30-23(2,3)4/h6-9,11-13,15,19H,10,14H2,1-5H3. The highest BCUT2D eigenvalue weighted by molar-refractivity contribution is 5.70. The van der Waals surface area contributed by atoms with E-state index in [-0.39, 0.29) is 12.1 Å². The first-order chi connectivity index (χ1) is 14.2. The monoisotopic (exact) mass is 408 g/mol. The van der Waals surface area contributed by atoms with Crippen molar-refractivity contribution in [1.82, 2.24) is 9.88 Å². The van der Waals surface area contributed by atoms with E-state index >= 15 is 0 Å². The predicted molar refractivity (Wildman–Crippen MR) is 113 cm³/mol. The van der Waals surface area contributed by atoms with Crippen molar-refractivity contribution in [2.45, 2.75) is 58.5 Å². The van der Waals surface area contributed by atoms with Crippen LogP contribution in [0.1, 0.15) is 57.0 Å². The Morgan fingerprint density at radius 2 is 2.00 bits per heavy atom. The van der Waals surface area contributed by atoms with Gasteiger partial charge in [0, 0.05) is 30.9 Å². The van der Waals surface area contributed by atoms with Gasteiger partial charge in [-0.05, 0) is 52.3 Å². The van der Waals surface area contributed by atoms with Crippen LogP contribution in [0.4, 0.5) is 4.79 Å². The van der Waals surface area contributed by atoms with Gasteiger partial charge in [0.25, 0.3) is 5.79 Å². The van der Waals surface area contributed by atoms with Gasteiger partial charge in [-0.2, -0.15) is 0 Å². The van der Waals surface area contributed by atoms with Crippen molar-refractivity contribution in [2.75, 3.05) is 6.54 Å². The zero-order valence-electron chi connectivity index (χ0n) is 18.1. The lowest BCUT2D eigenvalue weighted by atomic mass is 9.98. The van der Waals surface area contributed by atoms with Gasteiger partial charge in [0.05, 0.1) is 11.6 Å². The highest BCUT2D eigenvalue weighted by Crippen LogP contribution is 2.49. The van der Waals surface area contributed by atoms with Gasteiger partial charge in [0.1, 0.15) is 5.60 Å². The largest absolute Gasteiger partial charge is 0.444 e. The molecule has 0 saturated carbocycles. The molecular weight excluding hydrogens is 380 g/mol. The van der Waals surface area contributed by atoms with Gasteiger partial charge in [-0.1, -0.05) is 24.3 Å². The van der Waals surface area contributed by atoms with E-state index in [4.69, 9.17) is 14.2 Å². The number of rotatable bonds is 2. The Bertz CT molecular complexity index is 978. The minimum atomic E-state index is -0.972. The lowest BCUT2D eigenvalue weighted by Crippen LogP contribution is -2.40. The molecule has 6 nitrogen and oxygen atoms in total. The molecule has 0 fully saturated rings. The Kier molecular flexibility index (Phi) is 4.96. The number of para-hydroxylation sites is 1. The lowest BCUT2D eigenvalue weighted by molar-refractivity contribution is -0.0689. The molecule has 158 valence electrons. The summed E-state index contributed by atoms with van der Waals surface area (Å²) in [5.41, 5.74) is 2.12. The van der Waals surface area contributed by atoms with Crippen molar-refractivity contribution in [3.8, 4) is 11.5 Å². The Hall–Kier alpha value is -3.02. The summed E-state index contributed by atoms with van der Waals surface area (Å²) in [4.78, 5) is 19.0. The summed E-state index contributed by atoms with van der Waals surface area (Å²) >= 11 is 0. The molecule has 0 spiro atoms. The summed E-state index contributed by atoms with van der Waals surface area (Å²) in [5, 5.41) is 0. The van der Waals surface area contributed by atoms with E-state index in [0.29, 0.717) is 24.5 Å². The molecule has 0 N–H and O–H groups in total. The van der Waals surface area contributed by atoms with Crippen molar-refractivity contribution in [1.29, 1.82) is 0 Å². The van der Waals surface area contributed by atoms with Gasteiger partial charge in [-0.3, -0.25) is 9.88 Å². The Morgan fingerprint density at radius 3 is 2.70 bits per heavy atom. The van der Waals surface area contributed by atoms with Crippen LogP contribution in [0.15, 0.2) is 48.7 Å². The number of fused-ring (bicyclic) bond motifs is 1. The third kappa shape index (κ3) is 3.86. The van der Waals surface area contributed by atoms with Crippen LogP contribution in [0.3, 0.4) is 0 Å². The van der Waals surface area contributed by atoms with Crippen LogP contribution in [0.25, 0.3) is 0 Å². The van der Waals surface area contributed by atoms with Gasteiger partial charge in [-0.25, -0.2) is 4.79 Å². The Morgan fingerprint density at radius 1 is 1.20 bits per heavy atom. The molecule has 1 aromatic carbocycles. The lowest BCUT2D eigenvalue weighted by Gasteiger charge is -2.35. The third-order valence-electron chi connectivity index (χ3n) is 5.24. The summed E-state index contributed by atoms with van der Waals surface area (Å²) < 4.78 is 18.2. The number of benzene rings is 1. The van der Waals surface area contributed by atoms with Crippen molar-refractivity contribution < 1.29 is 19.0 Å². The quantitative estimate of drug-likeness (QED) is 0.634. The second-order valence-electron chi connectivity index (χ2n) is 8.87. The number of carbonyl (C=O) groups excluding carboxylic acids is 1. The zero-order valence-corrected chi connectivity index (χ0v) is 18.1. The molecule has 0 aliphatic carbocycles. The fourth-order valence-corrected chi connectivity index (χ4v) is 3.75. The van der Waals surface area contributed by atoms with E-state index in [0.717, 1.165) is 16.8 Å². The molecule has 2 aromatic rings. The summed E-state index contributed by atoms with van der Waals surface area (Å²) in [6.45, 7) is 9.93. The van der Waals surface area contributed by atoms with Crippen LogP contribution >= 0.6 is 0 Å². The van der Waals surface area contributed by atoms with Crippen LogP contribution in [-0.2, 0) is 10.5 Å². The van der Waals surface area contributed by atoms with Crippen LogP contribution in [0.5, 0.6) is 11.5 Å². The number of hydrogen-bond acceptors (Lipinski definition) is 5. The first-order valence-corrected chi connectivity index (χ1v) is 10.2. The molecule has 2 atom stereocenters. The Labute approximate surface area is 177 Å². The summed E-state index contributed by atoms with van der Waals surface area (Å²) in [7, 11) is 0. The smallest absolute Gasteiger partial charge is 0.411 e. The maximum atomic E-state index is 12.9. The maximum Gasteiger partial charge on any atom is 0.411 e. The fraction of sp³-hybridized carbons (Fsp3) is 0.417. The second kappa shape index (κ2) is 7.35. The average molecular weight is 408 g/mol. The number of nitrogens with zero attached hydrogens (tertiary/aromatic N) is 2. The molecule has 0 saturated heterocycles. The highest BCUT2D eigenvalue weighted by atomic mass is 16.7. The zero-order chi connectivity index (χ0) is 21.5. The molecular formula is C24H28N2O4. The molecule has 4 rings (SSSR count). The van der Waals surface area contributed by atoms with Gasteiger partial charge >= 0.3 is 6.09 Å². The SMILES string of the molecule is Cc1ccc(C2(C)Oc3cccc(C4CC=CCN4C(=O)OC(C)(C)C)c3O2)cn1. The Balaban J connectivity index is 1.66. The number of pyridine rings is 1. The molecule has 2 unspecified atom stereocenters.